The Morgan fingerprint density at radius 1 is 1.23 bits per heavy atom. The van der Waals surface area contributed by atoms with Crippen LogP contribution in [-0.4, -0.2) is 29.7 Å². The first-order valence-electron chi connectivity index (χ1n) is 10.3. The molecule has 1 unspecified atom stereocenters. The van der Waals surface area contributed by atoms with Gasteiger partial charge in [-0.25, -0.2) is 0 Å². The standard InChI is InChI=1S/C21H28N8S2/c1-5-8-29-17(15-10-12-9-13(21(2,3)4)6-7-14(12)31-15)27-28-20(29)30-11-16-24-18(22)26-19(23)25-16/h5,10,13H,1,6-9,11H2,2-4H3,(H4,22,23,24,25,26). The number of thiophene rings is 1. The fourth-order valence-corrected chi connectivity index (χ4v) is 5.90. The fourth-order valence-electron chi connectivity index (χ4n) is 3.89. The second-order valence-corrected chi connectivity index (χ2v) is 10.9. The normalized spacial score (nSPS) is 16.3. The first-order chi connectivity index (χ1) is 14.7. The second kappa shape index (κ2) is 8.58. The summed E-state index contributed by atoms with van der Waals surface area (Å²) in [4.78, 5) is 14.7. The van der Waals surface area contributed by atoms with Crippen LogP contribution in [0.4, 0.5) is 11.9 Å². The minimum absolute atomic E-state index is 0.120. The Labute approximate surface area is 190 Å². The molecule has 0 saturated heterocycles. The van der Waals surface area contributed by atoms with E-state index in [0.717, 1.165) is 28.7 Å². The molecule has 4 rings (SSSR count). The third-order valence-electron chi connectivity index (χ3n) is 5.60. The molecule has 1 aliphatic carbocycles. The van der Waals surface area contributed by atoms with Crippen molar-refractivity contribution in [3.63, 3.8) is 0 Å². The van der Waals surface area contributed by atoms with Crippen LogP contribution < -0.4 is 11.5 Å². The molecule has 3 aromatic heterocycles. The number of allylic oxidation sites excluding steroid dienone is 1. The van der Waals surface area contributed by atoms with E-state index in [2.05, 4.69) is 63.1 Å². The highest BCUT2D eigenvalue weighted by molar-refractivity contribution is 7.98. The molecular weight excluding hydrogens is 428 g/mol. The summed E-state index contributed by atoms with van der Waals surface area (Å²) in [6.07, 6.45) is 5.38. The van der Waals surface area contributed by atoms with Gasteiger partial charge in [0.15, 0.2) is 11.0 Å². The molecule has 0 aromatic carbocycles. The van der Waals surface area contributed by atoms with Crippen molar-refractivity contribution in [2.24, 2.45) is 11.3 Å². The Hall–Kier alpha value is -2.46. The van der Waals surface area contributed by atoms with Gasteiger partial charge in [-0.1, -0.05) is 38.6 Å². The van der Waals surface area contributed by atoms with Crippen LogP contribution in [0.5, 0.6) is 0 Å². The summed E-state index contributed by atoms with van der Waals surface area (Å²) in [7, 11) is 0. The lowest BCUT2D eigenvalue weighted by molar-refractivity contribution is 0.217. The van der Waals surface area contributed by atoms with Crippen molar-refractivity contribution in [2.45, 2.75) is 57.5 Å². The third-order valence-corrected chi connectivity index (χ3v) is 7.80. The lowest BCUT2D eigenvalue weighted by Crippen LogP contribution is -2.26. The van der Waals surface area contributed by atoms with E-state index in [4.69, 9.17) is 11.5 Å². The van der Waals surface area contributed by atoms with Gasteiger partial charge in [-0.2, -0.15) is 15.0 Å². The van der Waals surface area contributed by atoms with Gasteiger partial charge in [-0.15, -0.1) is 28.1 Å². The quantitative estimate of drug-likeness (QED) is 0.422. The first kappa shape index (κ1) is 21.8. The maximum absolute atomic E-state index is 5.67. The average molecular weight is 457 g/mol. The van der Waals surface area contributed by atoms with E-state index in [1.807, 2.05) is 17.4 Å². The Morgan fingerprint density at radius 3 is 2.65 bits per heavy atom. The molecule has 164 valence electrons. The smallest absolute Gasteiger partial charge is 0.225 e. The number of aryl methyl sites for hydroxylation is 1. The van der Waals surface area contributed by atoms with Gasteiger partial charge in [0.1, 0.15) is 5.82 Å². The van der Waals surface area contributed by atoms with Crippen molar-refractivity contribution in [3.8, 4) is 10.7 Å². The zero-order valence-electron chi connectivity index (χ0n) is 18.1. The van der Waals surface area contributed by atoms with Gasteiger partial charge in [0.25, 0.3) is 0 Å². The lowest BCUT2D eigenvalue weighted by Gasteiger charge is -2.33. The molecule has 8 nitrogen and oxygen atoms in total. The number of nitrogens with two attached hydrogens (primary N) is 2. The number of thioether (sulfide) groups is 1. The number of hydrogen-bond acceptors (Lipinski definition) is 9. The molecule has 3 aromatic rings. The zero-order chi connectivity index (χ0) is 22.2. The molecule has 0 radical (unpaired) electrons. The van der Waals surface area contributed by atoms with Crippen molar-refractivity contribution < 1.29 is 0 Å². The van der Waals surface area contributed by atoms with Crippen LogP contribution in [0.15, 0.2) is 23.9 Å². The van der Waals surface area contributed by atoms with E-state index in [9.17, 15) is 0 Å². The molecule has 0 amide bonds. The number of aromatic nitrogens is 6. The summed E-state index contributed by atoms with van der Waals surface area (Å²) >= 11 is 3.33. The minimum Gasteiger partial charge on any atom is -0.368 e. The van der Waals surface area contributed by atoms with Crippen LogP contribution in [0.25, 0.3) is 10.7 Å². The van der Waals surface area contributed by atoms with Gasteiger partial charge >= 0.3 is 0 Å². The number of nitrogen functional groups attached to an aromatic ring is 2. The predicted molar refractivity (Wildman–Crippen MR) is 127 cm³/mol. The predicted octanol–water partition coefficient (Wildman–Crippen LogP) is 3.99. The summed E-state index contributed by atoms with van der Waals surface area (Å²) < 4.78 is 2.09. The van der Waals surface area contributed by atoms with Crippen molar-refractivity contribution in [1.82, 2.24) is 29.7 Å². The fraction of sp³-hybridized carbons (Fsp3) is 0.476. The van der Waals surface area contributed by atoms with Crippen LogP contribution in [-0.2, 0) is 25.1 Å². The molecular formula is C21H28N8S2. The van der Waals surface area contributed by atoms with Gasteiger partial charge in [-0.05, 0) is 42.2 Å². The molecule has 0 fully saturated rings. The molecule has 10 heteroatoms. The van der Waals surface area contributed by atoms with Crippen LogP contribution >= 0.6 is 23.1 Å². The van der Waals surface area contributed by atoms with Crippen molar-refractivity contribution >= 4 is 35.0 Å². The highest BCUT2D eigenvalue weighted by Crippen LogP contribution is 2.42. The van der Waals surface area contributed by atoms with Gasteiger partial charge in [0.2, 0.25) is 11.9 Å². The van der Waals surface area contributed by atoms with Gasteiger partial charge in [0, 0.05) is 11.4 Å². The van der Waals surface area contributed by atoms with Crippen LogP contribution in [0, 0.1) is 11.3 Å². The average Bonchev–Trinajstić information content (AvgIpc) is 3.28. The molecule has 1 aliphatic rings. The number of rotatable bonds is 6. The van der Waals surface area contributed by atoms with Crippen LogP contribution in [0.1, 0.15) is 43.5 Å². The number of fused-ring (bicyclic) bond motifs is 1. The highest BCUT2D eigenvalue weighted by Gasteiger charge is 2.30. The number of nitrogens with zero attached hydrogens (tertiary/aromatic N) is 6. The molecule has 0 saturated carbocycles. The van der Waals surface area contributed by atoms with E-state index < -0.39 is 0 Å². The molecule has 0 aliphatic heterocycles. The molecule has 3 heterocycles. The number of hydrogen-bond donors (Lipinski definition) is 2. The van der Waals surface area contributed by atoms with Crippen molar-refractivity contribution in [3.05, 3.63) is 35.0 Å². The summed E-state index contributed by atoms with van der Waals surface area (Å²) in [6.45, 7) is 11.6. The van der Waals surface area contributed by atoms with E-state index in [0.29, 0.717) is 29.5 Å². The molecule has 1 atom stereocenters. The molecule has 4 N–H and O–H groups in total. The highest BCUT2D eigenvalue weighted by atomic mass is 32.2. The van der Waals surface area contributed by atoms with E-state index in [1.165, 1.54) is 28.6 Å². The van der Waals surface area contributed by atoms with Crippen molar-refractivity contribution in [1.29, 1.82) is 0 Å². The zero-order valence-corrected chi connectivity index (χ0v) is 19.8. The molecule has 0 bridgehead atoms. The lowest BCUT2D eigenvalue weighted by atomic mass is 9.72. The summed E-state index contributed by atoms with van der Waals surface area (Å²) in [6, 6.07) is 2.31. The van der Waals surface area contributed by atoms with E-state index >= 15 is 0 Å². The van der Waals surface area contributed by atoms with Gasteiger partial charge in [-0.3, -0.25) is 4.57 Å². The van der Waals surface area contributed by atoms with Crippen LogP contribution in [0.2, 0.25) is 0 Å². The summed E-state index contributed by atoms with van der Waals surface area (Å²) in [5.41, 5.74) is 13.1. The maximum atomic E-state index is 5.67. The summed E-state index contributed by atoms with van der Waals surface area (Å²) in [5.74, 6) is 2.82. The van der Waals surface area contributed by atoms with Gasteiger partial charge < -0.3 is 11.5 Å². The Kier molecular flexibility index (Phi) is 6.02. The Balaban J connectivity index is 1.58. The third kappa shape index (κ3) is 4.74. The van der Waals surface area contributed by atoms with Crippen LogP contribution in [0.3, 0.4) is 0 Å². The Bertz CT molecular complexity index is 1080. The first-order valence-corrected chi connectivity index (χ1v) is 12.1. The topological polar surface area (TPSA) is 121 Å². The van der Waals surface area contributed by atoms with E-state index in [1.54, 1.807) is 0 Å². The van der Waals surface area contributed by atoms with Gasteiger partial charge in [0.05, 0.1) is 10.6 Å². The minimum atomic E-state index is 0.120. The SMILES string of the molecule is C=CCn1c(SCc2nc(N)nc(N)n2)nnc1-c1cc2c(s1)CCC(C(C)(C)C)C2. The molecule has 0 spiro atoms. The summed E-state index contributed by atoms with van der Waals surface area (Å²) in [5, 5.41) is 9.73. The van der Waals surface area contributed by atoms with E-state index in [-0.39, 0.29) is 11.9 Å². The maximum Gasteiger partial charge on any atom is 0.225 e. The van der Waals surface area contributed by atoms with Crippen molar-refractivity contribution in [2.75, 3.05) is 11.5 Å². The molecule has 31 heavy (non-hydrogen) atoms. The second-order valence-electron chi connectivity index (χ2n) is 8.83. The Morgan fingerprint density at radius 2 is 1.97 bits per heavy atom. The number of anilines is 2. The monoisotopic (exact) mass is 456 g/mol. The largest absolute Gasteiger partial charge is 0.368 e.